The number of aliphatic imine (C=N–C) groups is 1. The molecule has 136 valence electrons. The van der Waals surface area contributed by atoms with Crippen molar-refractivity contribution in [3.63, 3.8) is 0 Å². The number of guanidine groups is 1. The molecular weight excluding hydrogens is 332 g/mol. The Morgan fingerprint density at radius 2 is 2.04 bits per heavy atom. The minimum atomic E-state index is 0.654. The second-order valence-electron chi connectivity index (χ2n) is 5.78. The molecule has 0 atom stereocenters. The Bertz CT molecular complexity index is 669. The number of rotatable bonds is 9. The highest BCUT2D eigenvalue weighted by molar-refractivity contribution is 7.09. The summed E-state index contributed by atoms with van der Waals surface area (Å²) < 4.78 is 5.68. The molecule has 6 heteroatoms. The highest BCUT2D eigenvalue weighted by Crippen LogP contribution is 2.10. The Morgan fingerprint density at radius 1 is 1.24 bits per heavy atom. The molecule has 0 amide bonds. The van der Waals surface area contributed by atoms with Crippen LogP contribution in [0.2, 0.25) is 0 Å². The highest BCUT2D eigenvalue weighted by Gasteiger charge is 2.04. The van der Waals surface area contributed by atoms with Gasteiger partial charge in [0.25, 0.3) is 0 Å². The number of hydrogen-bond acceptors (Lipinski definition) is 4. The van der Waals surface area contributed by atoms with Crippen LogP contribution < -0.4 is 10.6 Å². The molecule has 0 aliphatic rings. The normalized spacial score (nSPS) is 11.6. The Balaban J connectivity index is 1.80. The molecular formula is C19H28N4OS. The molecule has 1 aromatic carbocycles. The lowest BCUT2D eigenvalue weighted by atomic mass is 10.1. The van der Waals surface area contributed by atoms with Crippen molar-refractivity contribution in [2.45, 2.75) is 39.8 Å². The van der Waals surface area contributed by atoms with E-state index in [1.165, 1.54) is 11.1 Å². The number of aromatic nitrogens is 1. The van der Waals surface area contributed by atoms with Gasteiger partial charge in [0.05, 0.1) is 17.3 Å². The van der Waals surface area contributed by atoms with Crippen molar-refractivity contribution in [3.05, 3.63) is 51.5 Å². The summed E-state index contributed by atoms with van der Waals surface area (Å²) >= 11 is 1.69. The van der Waals surface area contributed by atoms with Crippen LogP contribution in [0.4, 0.5) is 0 Å². The van der Waals surface area contributed by atoms with E-state index in [0.29, 0.717) is 6.61 Å². The highest BCUT2D eigenvalue weighted by atomic mass is 32.1. The quantitative estimate of drug-likeness (QED) is 0.409. The number of ether oxygens (including phenoxy) is 1. The molecule has 2 N–H and O–H groups in total. The molecule has 0 aliphatic carbocycles. The van der Waals surface area contributed by atoms with Crippen molar-refractivity contribution < 1.29 is 4.74 Å². The van der Waals surface area contributed by atoms with Crippen LogP contribution in [0.3, 0.4) is 0 Å². The minimum absolute atomic E-state index is 0.654. The van der Waals surface area contributed by atoms with Crippen LogP contribution >= 0.6 is 11.3 Å². The van der Waals surface area contributed by atoms with E-state index in [-0.39, 0.29) is 0 Å². The van der Waals surface area contributed by atoms with Gasteiger partial charge < -0.3 is 15.4 Å². The van der Waals surface area contributed by atoms with Crippen LogP contribution in [0.5, 0.6) is 0 Å². The van der Waals surface area contributed by atoms with Crippen LogP contribution in [-0.4, -0.2) is 31.1 Å². The topological polar surface area (TPSA) is 58.5 Å². The SMILES string of the molecule is CCCOCc1ccccc1CNC(=NC)NCCc1csc(C)n1. The van der Waals surface area contributed by atoms with Gasteiger partial charge in [-0.15, -0.1) is 11.3 Å². The molecule has 2 rings (SSSR count). The molecule has 0 bridgehead atoms. The Morgan fingerprint density at radius 3 is 2.72 bits per heavy atom. The summed E-state index contributed by atoms with van der Waals surface area (Å²) in [7, 11) is 1.79. The van der Waals surface area contributed by atoms with Gasteiger partial charge in [0.2, 0.25) is 0 Å². The van der Waals surface area contributed by atoms with Crippen molar-refractivity contribution in [1.29, 1.82) is 0 Å². The van der Waals surface area contributed by atoms with Gasteiger partial charge in [0, 0.05) is 38.5 Å². The van der Waals surface area contributed by atoms with Gasteiger partial charge in [0.1, 0.15) is 0 Å². The second-order valence-corrected chi connectivity index (χ2v) is 6.84. The second kappa shape index (κ2) is 10.8. The van der Waals surface area contributed by atoms with Gasteiger partial charge in [-0.3, -0.25) is 4.99 Å². The number of aryl methyl sites for hydroxylation is 1. The van der Waals surface area contributed by atoms with Crippen LogP contribution in [-0.2, 0) is 24.3 Å². The monoisotopic (exact) mass is 360 g/mol. The van der Waals surface area contributed by atoms with E-state index in [9.17, 15) is 0 Å². The Kier molecular flexibility index (Phi) is 8.42. The fraction of sp³-hybridized carbons (Fsp3) is 0.474. The van der Waals surface area contributed by atoms with E-state index in [4.69, 9.17) is 4.74 Å². The third kappa shape index (κ3) is 6.84. The maximum absolute atomic E-state index is 5.68. The average molecular weight is 361 g/mol. The van der Waals surface area contributed by atoms with Gasteiger partial charge in [-0.05, 0) is 24.5 Å². The molecule has 0 saturated carbocycles. The molecule has 0 radical (unpaired) electrons. The maximum Gasteiger partial charge on any atom is 0.191 e. The van der Waals surface area contributed by atoms with Crippen molar-refractivity contribution in [2.75, 3.05) is 20.2 Å². The Hall–Kier alpha value is -1.92. The van der Waals surface area contributed by atoms with E-state index in [1.54, 1.807) is 18.4 Å². The zero-order valence-electron chi connectivity index (χ0n) is 15.3. The number of hydrogen-bond donors (Lipinski definition) is 2. The van der Waals surface area contributed by atoms with E-state index in [0.717, 1.165) is 49.2 Å². The van der Waals surface area contributed by atoms with E-state index in [2.05, 4.69) is 57.2 Å². The summed E-state index contributed by atoms with van der Waals surface area (Å²) in [4.78, 5) is 8.77. The van der Waals surface area contributed by atoms with Crippen LogP contribution in [0.15, 0.2) is 34.6 Å². The number of nitrogens with zero attached hydrogens (tertiary/aromatic N) is 2. The summed E-state index contributed by atoms with van der Waals surface area (Å²) in [5, 5.41) is 9.94. The Labute approximate surface area is 154 Å². The molecule has 2 aromatic rings. The van der Waals surface area contributed by atoms with E-state index < -0.39 is 0 Å². The summed E-state index contributed by atoms with van der Waals surface area (Å²) in [6, 6.07) is 8.36. The standard InChI is InChI=1S/C19H28N4OS/c1-4-11-24-13-17-8-6-5-7-16(17)12-22-19(20-3)21-10-9-18-14-25-15(2)23-18/h5-8,14H,4,9-13H2,1-3H3,(H2,20,21,22). The molecule has 5 nitrogen and oxygen atoms in total. The average Bonchev–Trinajstić information content (AvgIpc) is 3.04. The van der Waals surface area contributed by atoms with Gasteiger partial charge in [-0.25, -0.2) is 4.98 Å². The third-order valence-electron chi connectivity index (χ3n) is 3.73. The summed E-state index contributed by atoms with van der Waals surface area (Å²) in [5.74, 6) is 0.802. The van der Waals surface area contributed by atoms with Crippen molar-refractivity contribution in [1.82, 2.24) is 15.6 Å². The van der Waals surface area contributed by atoms with E-state index >= 15 is 0 Å². The van der Waals surface area contributed by atoms with Gasteiger partial charge in [0.15, 0.2) is 5.96 Å². The maximum atomic E-state index is 5.68. The number of benzene rings is 1. The summed E-state index contributed by atoms with van der Waals surface area (Å²) in [6.07, 6.45) is 1.93. The summed E-state index contributed by atoms with van der Waals surface area (Å²) in [5.41, 5.74) is 3.58. The molecule has 0 unspecified atom stereocenters. The molecule has 1 heterocycles. The molecule has 0 spiro atoms. The first-order valence-electron chi connectivity index (χ1n) is 8.73. The first kappa shape index (κ1) is 19.4. The fourth-order valence-electron chi connectivity index (χ4n) is 2.43. The van der Waals surface area contributed by atoms with Crippen molar-refractivity contribution in [2.24, 2.45) is 4.99 Å². The predicted octanol–water partition coefficient (Wildman–Crippen LogP) is 3.29. The lowest BCUT2D eigenvalue weighted by molar-refractivity contribution is 0.121. The summed E-state index contributed by atoms with van der Waals surface area (Å²) in [6.45, 7) is 7.13. The molecule has 1 aromatic heterocycles. The minimum Gasteiger partial charge on any atom is -0.377 e. The first-order chi connectivity index (χ1) is 12.2. The van der Waals surface area contributed by atoms with Gasteiger partial charge in [-0.1, -0.05) is 31.2 Å². The molecule has 0 aliphatic heterocycles. The number of thiazole rings is 1. The van der Waals surface area contributed by atoms with Gasteiger partial charge in [-0.2, -0.15) is 0 Å². The van der Waals surface area contributed by atoms with Crippen molar-refractivity contribution in [3.8, 4) is 0 Å². The molecule has 25 heavy (non-hydrogen) atoms. The zero-order chi connectivity index (χ0) is 17.9. The molecule has 0 fully saturated rings. The van der Waals surface area contributed by atoms with Crippen molar-refractivity contribution >= 4 is 17.3 Å². The van der Waals surface area contributed by atoms with Crippen LogP contribution in [0.1, 0.15) is 35.2 Å². The number of nitrogens with one attached hydrogen (secondary N) is 2. The largest absolute Gasteiger partial charge is 0.377 e. The lowest BCUT2D eigenvalue weighted by Gasteiger charge is -2.14. The predicted molar refractivity (Wildman–Crippen MR) is 105 cm³/mol. The van der Waals surface area contributed by atoms with Crippen LogP contribution in [0.25, 0.3) is 0 Å². The fourth-order valence-corrected chi connectivity index (χ4v) is 3.08. The van der Waals surface area contributed by atoms with Crippen LogP contribution in [0, 0.1) is 6.92 Å². The molecule has 0 saturated heterocycles. The third-order valence-corrected chi connectivity index (χ3v) is 4.56. The van der Waals surface area contributed by atoms with Gasteiger partial charge >= 0.3 is 0 Å². The zero-order valence-corrected chi connectivity index (χ0v) is 16.2. The van der Waals surface area contributed by atoms with E-state index in [1.807, 2.05) is 6.92 Å². The first-order valence-corrected chi connectivity index (χ1v) is 9.61. The smallest absolute Gasteiger partial charge is 0.191 e. The lowest BCUT2D eigenvalue weighted by Crippen LogP contribution is -2.38.